The van der Waals surface area contributed by atoms with Gasteiger partial charge < -0.3 is 0 Å². The van der Waals surface area contributed by atoms with Gasteiger partial charge in [0.1, 0.15) is 12.1 Å². The summed E-state index contributed by atoms with van der Waals surface area (Å²) in [5.41, 5.74) is 1.06. The highest BCUT2D eigenvalue weighted by Gasteiger charge is 2.22. The normalized spacial score (nSPS) is 10.4. The number of nitriles is 2. The summed E-state index contributed by atoms with van der Waals surface area (Å²) in [5.74, 6) is -0.473. The van der Waals surface area contributed by atoms with E-state index in [1.54, 1.807) is 48.5 Å². The van der Waals surface area contributed by atoms with Crippen molar-refractivity contribution in [3.8, 4) is 12.1 Å². The molecule has 0 fully saturated rings. The van der Waals surface area contributed by atoms with Crippen LogP contribution in [0.2, 0.25) is 0 Å². The van der Waals surface area contributed by atoms with Gasteiger partial charge >= 0.3 is 0 Å². The van der Waals surface area contributed by atoms with Gasteiger partial charge in [0.25, 0.3) is 0 Å². The lowest BCUT2D eigenvalue weighted by atomic mass is 9.92. The molecule has 0 amide bonds. The maximum atomic E-state index is 13.1. The molecule has 0 N–H and O–H groups in total. The average Bonchev–Trinajstić information content (AvgIpc) is 3.44. The minimum atomic E-state index is -0.236. The van der Waals surface area contributed by atoms with Crippen LogP contribution in [0.4, 0.5) is 0 Å². The zero-order valence-corrected chi connectivity index (χ0v) is 15.9. The highest BCUT2D eigenvalue weighted by molar-refractivity contribution is 7.12. The maximum Gasteiger partial charge on any atom is 0.203 e. The number of hydrogen-bond donors (Lipinski definition) is 0. The van der Waals surface area contributed by atoms with Gasteiger partial charge in [0.05, 0.1) is 20.9 Å². The van der Waals surface area contributed by atoms with Gasteiger partial charge in [-0.25, -0.2) is 0 Å². The van der Waals surface area contributed by atoms with E-state index >= 15 is 0 Å². The summed E-state index contributed by atoms with van der Waals surface area (Å²) in [5, 5.41) is 23.5. The first-order chi connectivity index (χ1) is 13.6. The minimum Gasteiger partial charge on any atom is -0.288 e. The number of carbonyl (C=O) groups is 2. The van der Waals surface area contributed by atoms with Gasteiger partial charge in [-0.2, -0.15) is 10.5 Å². The van der Waals surface area contributed by atoms with Crippen LogP contribution in [0.5, 0.6) is 0 Å². The van der Waals surface area contributed by atoms with Crippen LogP contribution in [0.25, 0.3) is 10.8 Å². The van der Waals surface area contributed by atoms with Crippen molar-refractivity contribution in [1.82, 2.24) is 0 Å². The molecule has 28 heavy (non-hydrogen) atoms. The first kappa shape index (κ1) is 17.8. The fourth-order valence-electron chi connectivity index (χ4n) is 2.99. The first-order valence-corrected chi connectivity index (χ1v) is 9.96. The minimum absolute atomic E-state index is 0.236. The summed E-state index contributed by atoms with van der Waals surface area (Å²) in [6.45, 7) is 0. The number of fused-ring (bicyclic) bond motifs is 1. The van der Waals surface area contributed by atoms with Crippen molar-refractivity contribution in [1.29, 1.82) is 10.5 Å². The van der Waals surface area contributed by atoms with E-state index in [4.69, 9.17) is 0 Å². The number of ketones is 2. The van der Waals surface area contributed by atoms with Crippen LogP contribution in [0.1, 0.15) is 41.6 Å². The molecule has 0 aliphatic heterocycles. The zero-order valence-electron chi connectivity index (χ0n) is 14.3. The molecule has 0 atom stereocenters. The Morgan fingerprint density at radius 3 is 1.46 bits per heavy atom. The van der Waals surface area contributed by atoms with Crippen molar-refractivity contribution in [2.24, 2.45) is 0 Å². The molecule has 0 bridgehead atoms. The maximum absolute atomic E-state index is 13.1. The fraction of sp³-hybridized carbons (Fsp3) is 0. The van der Waals surface area contributed by atoms with Gasteiger partial charge in [0.2, 0.25) is 11.6 Å². The van der Waals surface area contributed by atoms with Crippen molar-refractivity contribution in [2.45, 2.75) is 0 Å². The van der Waals surface area contributed by atoms with Gasteiger partial charge in [0, 0.05) is 11.1 Å². The molecule has 0 unspecified atom stereocenters. The highest BCUT2D eigenvalue weighted by Crippen LogP contribution is 2.29. The average molecular weight is 398 g/mol. The smallest absolute Gasteiger partial charge is 0.203 e. The standard InChI is InChI=1S/C22H10N2O2S2/c23-11-15-7-13-9-17(21(25)19-3-1-5-27-19)18(10-14(13)8-16(15)12-24)22(26)20-4-2-6-28-20/h1-10H. The molecule has 4 aromatic rings. The fourth-order valence-corrected chi connectivity index (χ4v) is 4.35. The van der Waals surface area contributed by atoms with Gasteiger partial charge in [-0.15, -0.1) is 22.7 Å². The van der Waals surface area contributed by atoms with E-state index in [9.17, 15) is 20.1 Å². The second-order valence-corrected chi connectivity index (χ2v) is 7.87. The summed E-state index contributed by atoms with van der Waals surface area (Å²) in [4.78, 5) is 27.2. The lowest BCUT2D eigenvalue weighted by molar-refractivity contribution is 0.101. The molecular weight excluding hydrogens is 388 g/mol. The van der Waals surface area contributed by atoms with Crippen molar-refractivity contribution < 1.29 is 9.59 Å². The zero-order chi connectivity index (χ0) is 19.7. The molecule has 2 aromatic carbocycles. The number of rotatable bonds is 4. The quantitative estimate of drug-likeness (QED) is 0.444. The second kappa shape index (κ2) is 7.21. The Balaban J connectivity index is 2.00. The summed E-state index contributed by atoms with van der Waals surface area (Å²) < 4.78 is 0. The number of nitrogens with zero attached hydrogens (tertiary/aromatic N) is 2. The molecule has 4 nitrogen and oxygen atoms in total. The van der Waals surface area contributed by atoms with E-state index in [0.29, 0.717) is 31.7 Å². The van der Waals surface area contributed by atoms with Crippen LogP contribution in [0, 0.1) is 22.7 Å². The van der Waals surface area contributed by atoms with Crippen LogP contribution in [-0.2, 0) is 0 Å². The van der Waals surface area contributed by atoms with Gasteiger partial charge in [-0.05, 0) is 57.9 Å². The number of carbonyl (C=O) groups excluding carboxylic acids is 2. The molecule has 2 aromatic heterocycles. The number of hydrogen-bond acceptors (Lipinski definition) is 6. The summed E-state index contributed by atoms with van der Waals surface area (Å²) >= 11 is 2.62. The van der Waals surface area contributed by atoms with Gasteiger partial charge in [0.15, 0.2) is 0 Å². The van der Waals surface area contributed by atoms with E-state index < -0.39 is 0 Å². The summed E-state index contributed by atoms with van der Waals surface area (Å²) in [6.07, 6.45) is 0. The lowest BCUT2D eigenvalue weighted by Crippen LogP contribution is -2.10. The molecule has 4 rings (SSSR count). The Morgan fingerprint density at radius 2 is 1.14 bits per heavy atom. The van der Waals surface area contributed by atoms with Crippen molar-refractivity contribution in [3.63, 3.8) is 0 Å². The van der Waals surface area contributed by atoms with E-state index in [1.165, 1.54) is 22.7 Å². The predicted molar refractivity (Wildman–Crippen MR) is 109 cm³/mol. The predicted octanol–water partition coefficient (Wildman–Crippen LogP) is 5.17. The molecule has 6 heteroatoms. The van der Waals surface area contributed by atoms with Gasteiger partial charge in [-0.1, -0.05) is 12.1 Å². The van der Waals surface area contributed by atoms with E-state index in [0.717, 1.165) is 0 Å². The molecule has 0 spiro atoms. The van der Waals surface area contributed by atoms with Crippen LogP contribution in [-0.4, -0.2) is 11.6 Å². The van der Waals surface area contributed by atoms with Crippen molar-refractivity contribution >= 4 is 45.0 Å². The van der Waals surface area contributed by atoms with Gasteiger partial charge in [-0.3, -0.25) is 9.59 Å². The third kappa shape index (κ3) is 3.01. The Labute approximate surface area is 168 Å². The summed E-state index contributed by atoms with van der Waals surface area (Å²) in [7, 11) is 0. The number of benzene rings is 2. The van der Waals surface area contributed by atoms with Crippen LogP contribution >= 0.6 is 22.7 Å². The SMILES string of the molecule is N#Cc1cc2cc(C(=O)c3cccs3)c(C(=O)c3cccs3)cc2cc1C#N. The Kier molecular flexibility index (Phi) is 4.58. The third-order valence-corrected chi connectivity index (χ3v) is 6.07. The summed E-state index contributed by atoms with van der Waals surface area (Å²) in [6, 6.07) is 17.5. The first-order valence-electron chi connectivity index (χ1n) is 8.21. The second-order valence-electron chi connectivity index (χ2n) is 5.98. The molecule has 0 saturated heterocycles. The van der Waals surface area contributed by atoms with Crippen LogP contribution in [0.15, 0.2) is 59.3 Å². The van der Waals surface area contributed by atoms with Crippen LogP contribution in [0.3, 0.4) is 0 Å². The Bertz CT molecular complexity index is 1200. The van der Waals surface area contributed by atoms with E-state index in [1.807, 2.05) is 22.9 Å². The number of thiophene rings is 2. The molecule has 0 radical (unpaired) electrons. The van der Waals surface area contributed by atoms with Crippen molar-refractivity contribution in [3.05, 3.63) is 91.3 Å². The largest absolute Gasteiger partial charge is 0.288 e. The molecule has 132 valence electrons. The van der Waals surface area contributed by atoms with E-state index in [-0.39, 0.29) is 22.7 Å². The molecule has 0 aliphatic carbocycles. The van der Waals surface area contributed by atoms with E-state index in [2.05, 4.69) is 0 Å². The third-order valence-electron chi connectivity index (χ3n) is 4.33. The monoisotopic (exact) mass is 398 g/mol. The highest BCUT2D eigenvalue weighted by atomic mass is 32.1. The molecule has 0 aliphatic rings. The molecule has 2 heterocycles. The Morgan fingerprint density at radius 1 is 0.714 bits per heavy atom. The van der Waals surface area contributed by atoms with Crippen molar-refractivity contribution in [2.75, 3.05) is 0 Å². The topological polar surface area (TPSA) is 81.7 Å². The van der Waals surface area contributed by atoms with Crippen LogP contribution < -0.4 is 0 Å². The molecular formula is C22H10N2O2S2. The Hall–Kier alpha value is -3.58. The molecule has 0 saturated carbocycles. The lowest BCUT2D eigenvalue weighted by Gasteiger charge is -2.10.